The van der Waals surface area contributed by atoms with Crippen LogP contribution in [-0.4, -0.2) is 23.8 Å². The van der Waals surface area contributed by atoms with Crippen LogP contribution >= 0.6 is 0 Å². The number of nitrogens with two attached hydrogens (primary N) is 1. The molecule has 0 fully saturated rings. The van der Waals surface area contributed by atoms with E-state index >= 15 is 0 Å². The zero-order valence-corrected chi connectivity index (χ0v) is 15.1. The number of allylic oxidation sites excluding steroid dienone is 1. The Labute approximate surface area is 156 Å². The molecule has 7 nitrogen and oxygen atoms in total. The van der Waals surface area contributed by atoms with Crippen LogP contribution in [0.4, 0.5) is 5.69 Å². The number of Topliss-reactive ketones (excluding diaryl/α,β-unsaturated/α-hetero) is 1. The molecule has 0 bridgehead atoms. The minimum absolute atomic E-state index is 0.132. The van der Waals surface area contributed by atoms with Gasteiger partial charge in [-0.1, -0.05) is 18.2 Å². The number of para-hydroxylation sites is 1. The van der Waals surface area contributed by atoms with Gasteiger partial charge >= 0.3 is 5.97 Å². The summed E-state index contributed by atoms with van der Waals surface area (Å²) in [6, 6.07) is 6.98. The number of carbonyl (C=O) groups excluding carboxylic acids is 3. The lowest BCUT2D eigenvalue weighted by Crippen LogP contribution is -2.49. The van der Waals surface area contributed by atoms with Gasteiger partial charge in [0.2, 0.25) is 11.8 Å². The van der Waals surface area contributed by atoms with E-state index in [1.54, 1.807) is 38.1 Å². The third-order valence-corrected chi connectivity index (χ3v) is 5.06. The number of ketones is 1. The number of benzene rings is 1. The SMILES string of the molecule is CC(C)OC(=O)C1=C(N)OC2=C(C(=O)CCC2)C12C(=O)Nc1ccccc12. The van der Waals surface area contributed by atoms with Crippen LogP contribution < -0.4 is 11.1 Å². The lowest BCUT2D eigenvalue weighted by Gasteiger charge is -2.38. The van der Waals surface area contributed by atoms with E-state index in [2.05, 4.69) is 5.32 Å². The first-order valence-electron chi connectivity index (χ1n) is 8.94. The van der Waals surface area contributed by atoms with Crippen LogP contribution in [0.25, 0.3) is 0 Å². The van der Waals surface area contributed by atoms with Crippen LogP contribution in [0.3, 0.4) is 0 Å². The second kappa shape index (κ2) is 5.97. The van der Waals surface area contributed by atoms with E-state index in [9.17, 15) is 14.4 Å². The summed E-state index contributed by atoms with van der Waals surface area (Å²) < 4.78 is 11.0. The van der Waals surface area contributed by atoms with E-state index in [1.165, 1.54) is 0 Å². The molecule has 1 unspecified atom stereocenters. The number of carbonyl (C=O) groups is 3. The Morgan fingerprint density at radius 3 is 2.74 bits per heavy atom. The predicted molar refractivity (Wildman–Crippen MR) is 96.2 cm³/mol. The van der Waals surface area contributed by atoms with Gasteiger partial charge in [-0.3, -0.25) is 9.59 Å². The molecule has 1 aliphatic carbocycles. The lowest BCUT2D eigenvalue weighted by atomic mass is 9.65. The fourth-order valence-electron chi connectivity index (χ4n) is 4.11. The highest BCUT2D eigenvalue weighted by molar-refractivity contribution is 6.22. The molecule has 1 spiro atoms. The second-order valence-electron chi connectivity index (χ2n) is 7.12. The van der Waals surface area contributed by atoms with Crippen molar-refractivity contribution in [3.05, 3.63) is 52.6 Å². The zero-order valence-electron chi connectivity index (χ0n) is 15.1. The fourth-order valence-corrected chi connectivity index (χ4v) is 4.11. The van der Waals surface area contributed by atoms with Crippen LogP contribution in [0.1, 0.15) is 38.7 Å². The van der Waals surface area contributed by atoms with E-state index < -0.39 is 23.4 Å². The molecule has 1 atom stereocenters. The van der Waals surface area contributed by atoms with Gasteiger partial charge in [0.25, 0.3) is 0 Å². The molecule has 1 aromatic carbocycles. The summed E-state index contributed by atoms with van der Waals surface area (Å²) in [5.41, 5.74) is 5.59. The van der Waals surface area contributed by atoms with Crippen molar-refractivity contribution in [2.24, 2.45) is 5.73 Å². The van der Waals surface area contributed by atoms with E-state index in [1.807, 2.05) is 0 Å². The van der Waals surface area contributed by atoms with Crippen LogP contribution in [0.15, 0.2) is 47.1 Å². The molecule has 27 heavy (non-hydrogen) atoms. The smallest absolute Gasteiger partial charge is 0.341 e. The quantitative estimate of drug-likeness (QED) is 0.774. The number of esters is 1. The summed E-state index contributed by atoms with van der Waals surface area (Å²) in [5.74, 6) is -1.31. The number of hydrogen-bond acceptors (Lipinski definition) is 6. The van der Waals surface area contributed by atoms with Gasteiger partial charge in [0, 0.05) is 24.1 Å². The molecule has 0 radical (unpaired) electrons. The first kappa shape index (κ1) is 17.3. The largest absolute Gasteiger partial charge is 0.459 e. The predicted octanol–water partition coefficient (Wildman–Crippen LogP) is 2.04. The van der Waals surface area contributed by atoms with Crippen molar-refractivity contribution in [1.82, 2.24) is 0 Å². The minimum Gasteiger partial charge on any atom is -0.459 e. The number of nitrogens with one attached hydrogen (secondary N) is 1. The molecule has 2 aliphatic heterocycles. The van der Waals surface area contributed by atoms with Crippen molar-refractivity contribution in [3.63, 3.8) is 0 Å². The second-order valence-corrected chi connectivity index (χ2v) is 7.12. The fraction of sp³-hybridized carbons (Fsp3) is 0.350. The van der Waals surface area contributed by atoms with Crippen LogP contribution in [0.5, 0.6) is 0 Å². The molecule has 0 aromatic heterocycles. The lowest BCUT2D eigenvalue weighted by molar-refractivity contribution is -0.145. The highest BCUT2D eigenvalue weighted by Gasteiger charge is 2.61. The molecule has 4 rings (SSSR count). The molecule has 7 heteroatoms. The van der Waals surface area contributed by atoms with Crippen molar-refractivity contribution in [2.75, 3.05) is 5.32 Å². The minimum atomic E-state index is -1.64. The maximum Gasteiger partial charge on any atom is 0.341 e. The molecule has 1 amide bonds. The molecule has 140 valence electrons. The molecule has 3 aliphatic rings. The molecular formula is C20H20N2O5. The van der Waals surface area contributed by atoms with E-state index in [0.717, 1.165) is 0 Å². The van der Waals surface area contributed by atoms with Gasteiger partial charge in [0.05, 0.1) is 11.7 Å². The van der Waals surface area contributed by atoms with Crippen molar-refractivity contribution in [3.8, 4) is 0 Å². The third kappa shape index (κ3) is 2.31. The summed E-state index contributed by atoms with van der Waals surface area (Å²) in [4.78, 5) is 39.2. The van der Waals surface area contributed by atoms with Crippen molar-refractivity contribution < 1.29 is 23.9 Å². The number of ether oxygens (including phenoxy) is 2. The summed E-state index contributed by atoms with van der Waals surface area (Å²) in [5, 5.41) is 2.79. The number of anilines is 1. The first-order valence-corrected chi connectivity index (χ1v) is 8.94. The van der Waals surface area contributed by atoms with Crippen molar-refractivity contribution in [1.29, 1.82) is 0 Å². The zero-order chi connectivity index (χ0) is 19.3. The average molecular weight is 368 g/mol. The standard InChI is InChI=1S/C20H20N2O5/c1-10(2)26-18(24)16-17(21)27-14-9-5-8-13(23)15(14)20(16)11-6-3-4-7-12(11)22-19(20)25/h3-4,6-7,10H,5,8-9,21H2,1-2H3,(H,22,25). The van der Waals surface area contributed by atoms with Gasteiger partial charge < -0.3 is 20.5 Å². The molecule has 2 heterocycles. The summed E-state index contributed by atoms with van der Waals surface area (Å²) >= 11 is 0. The highest BCUT2D eigenvalue weighted by Crippen LogP contribution is 2.54. The van der Waals surface area contributed by atoms with Crippen LogP contribution in [-0.2, 0) is 29.3 Å². The molecule has 0 saturated heterocycles. The Balaban J connectivity index is 2.04. The Kier molecular flexibility index (Phi) is 3.83. The monoisotopic (exact) mass is 368 g/mol. The van der Waals surface area contributed by atoms with Gasteiger partial charge in [-0.15, -0.1) is 0 Å². The average Bonchev–Trinajstić information content (AvgIpc) is 2.87. The van der Waals surface area contributed by atoms with Crippen molar-refractivity contribution >= 4 is 23.3 Å². The van der Waals surface area contributed by atoms with E-state index in [4.69, 9.17) is 15.2 Å². The molecule has 1 aromatic rings. The number of hydrogen-bond donors (Lipinski definition) is 2. The Bertz CT molecular complexity index is 943. The summed E-state index contributed by atoms with van der Waals surface area (Å²) in [7, 11) is 0. The number of amides is 1. The Morgan fingerprint density at radius 2 is 2.00 bits per heavy atom. The van der Waals surface area contributed by atoms with Gasteiger partial charge in [-0.25, -0.2) is 4.79 Å². The van der Waals surface area contributed by atoms with E-state index in [-0.39, 0.29) is 29.2 Å². The van der Waals surface area contributed by atoms with Gasteiger partial charge in [0.1, 0.15) is 16.7 Å². The highest BCUT2D eigenvalue weighted by atomic mass is 16.5. The topological polar surface area (TPSA) is 108 Å². The van der Waals surface area contributed by atoms with Gasteiger partial charge in [-0.05, 0) is 26.3 Å². The maximum absolute atomic E-state index is 13.3. The number of rotatable bonds is 2. The summed E-state index contributed by atoms with van der Waals surface area (Å²) in [6.45, 7) is 3.40. The molecular weight excluding hydrogens is 348 g/mol. The maximum atomic E-state index is 13.3. The summed E-state index contributed by atoms with van der Waals surface area (Å²) in [6.07, 6.45) is 0.944. The van der Waals surface area contributed by atoms with Gasteiger partial charge in [0.15, 0.2) is 5.78 Å². The third-order valence-electron chi connectivity index (χ3n) is 5.06. The molecule has 0 saturated carbocycles. The van der Waals surface area contributed by atoms with Crippen LogP contribution in [0.2, 0.25) is 0 Å². The van der Waals surface area contributed by atoms with Crippen LogP contribution in [0, 0.1) is 0 Å². The van der Waals surface area contributed by atoms with Crippen molar-refractivity contribution in [2.45, 2.75) is 44.6 Å². The van der Waals surface area contributed by atoms with Gasteiger partial charge in [-0.2, -0.15) is 0 Å². The Morgan fingerprint density at radius 1 is 1.26 bits per heavy atom. The normalized spacial score (nSPS) is 24.0. The Hall–Kier alpha value is -3.09. The number of fused-ring (bicyclic) bond motifs is 3. The first-order chi connectivity index (χ1) is 12.9. The molecule has 3 N–H and O–H groups in total. The van der Waals surface area contributed by atoms with E-state index in [0.29, 0.717) is 29.9 Å².